The molecule has 0 aromatic heterocycles. The summed E-state index contributed by atoms with van der Waals surface area (Å²) in [6, 6.07) is 9.06. The zero-order valence-electron chi connectivity index (χ0n) is 8.77. The molecule has 0 radical (unpaired) electrons. The van der Waals surface area contributed by atoms with E-state index in [1.165, 1.54) is 6.92 Å². The quantitative estimate of drug-likeness (QED) is 0.785. The first-order valence-electron chi connectivity index (χ1n) is 4.62. The van der Waals surface area contributed by atoms with Gasteiger partial charge >= 0.3 is 0 Å². The predicted octanol–water partition coefficient (Wildman–Crippen LogP) is 1.82. The van der Waals surface area contributed by atoms with Crippen molar-refractivity contribution in [1.82, 2.24) is 0 Å². The first kappa shape index (κ1) is 11.7. The van der Waals surface area contributed by atoms with Gasteiger partial charge in [-0.2, -0.15) is 5.26 Å². The summed E-state index contributed by atoms with van der Waals surface area (Å²) in [6.07, 6.45) is 0. The predicted molar refractivity (Wildman–Crippen MR) is 58.9 cm³/mol. The van der Waals surface area contributed by atoms with Gasteiger partial charge in [-0.05, 0) is 19.4 Å². The molecule has 4 heteroatoms. The minimum atomic E-state index is -3.34. The lowest BCUT2D eigenvalue weighted by Gasteiger charge is -2.06. The highest BCUT2D eigenvalue weighted by Crippen LogP contribution is 2.12. The van der Waals surface area contributed by atoms with E-state index in [1.54, 1.807) is 12.1 Å². The highest BCUT2D eigenvalue weighted by molar-refractivity contribution is 7.91. The van der Waals surface area contributed by atoms with Crippen LogP contribution in [-0.2, 0) is 15.6 Å². The fourth-order valence-electron chi connectivity index (χ4n) is 1.24. The van der Waals surface area contributed by atoms with Crippen LogP contribution in [-0.4, -0.2) is 13.7 Å². The van der Waals surface area contributed by atoms with Gasteiger partial charge < -0.3 is 0 Å². The molecule has 0 aliphatic carbocycles. The van der Waals surface area contributed by atoms with Crippen LogP contribution in [0, 0.1) is 18.3 Å². The Hall–Kier alpha value is -1.34. The van der Waals surface area contributed by atoms with Gasteiger partial charge in [-0.25, -0.2) is 8.42 Å². The molecule has 0 saturated heterocycles. The molecule has 1 rings (SSSR count). The molecule has 0 N–H and O–H groups in total. The van der Waals surface area contributed by atoms with Crippen LogP contribution in [0.3, 0.4) is 0 Å². The molecule has 0 fully saturated rings. The average Bonchev–Trinajstić information content (AvgIpc) is 2.15. The van der Waals surface area contributed by atoms with Crippen molar-refractivity contribution >= 4 is 9.84 Å². The number of hydrogen-bond acceptors (Lipinski definition) is 3. The van der Waals surface area contributed by atoms with Gasteiger partial charge in [0.05, 0.1) is 11.8 Å². The Morgan fingerprint density at radius 2 is 2.13 bits per heavy atom. The van der Waals surface area contributed by atoms with E-state index in [0.717, 1.165) is 11.1 Å². The maximum absolute atomic E-state index is 11.6. The lowest BCUT2D eigenvalue weighted by atomic mass is 10.2. The van der Waals surface area contributed by atoms with E-state index in [4.69, 9.17) is 5.26 Å². The van der Waals surface area contributed by atoms with E-state index < -0.39 is 15.1 Å². The highest BCUT2D eigenvalue weighted by Gasteiger charge is 2.20. The SMILES string of the molecule is Cc1cccc(CS(=O)(=O)C(C)C#N)c1. The van der Waals surface area contributed by atoms with Crippen LogP contribution in [0.25, 0.3) is 0 Å². The number of nitrogens with zero attached hydrogens (tertiary/aromatic N) is 1. The summed E-state index contributed by atoms with van der Waals surface area (Å²) in [5.41, 5.74) is 1.75. The molecule has 0 saturated carbocycles. The van der Waals surface area contributed by atoms with Gasteiger partial charge in [-0.1, -0.05) is 29.8 Å². The molecule has 3 nitrogen and oxygen atoms in total. The Bertz CT molecular complexity index is 486. The van der Waals surface area contributed by atoms with Crippen molar-refractivity contribution in [2.45, 2.75) is 24.9 Å². The zero-order valence-corrected chi connectivity index (χ0v) is 9.58. The van der Waals surface area contributed by atoms with Gasteiger partial charge in [0, 0.05) is 0 Å². The van der Waals surface area contributed by atoms with Crippen molar-refractivity contribution in [3.05, 3.63) is 35.4 Å². The summed E-state index contributed by atoms with van der Waals surface area (Å²) in [5, 5.41) is 7.63. The van der Waals surface area contributed by atoms with Crippen LogP contribution < -0.4 is 0 Å². The first-order valence-corrected chi connectivity index (χ1v) is 6.34. The Morgan fingerprint density at radius 3 is 2.67 bits per heavy atom. The summed E-state index contributed by atoms with van der Waals surface area (Å²) >= 11 is 0. The third-order valence-electron chi connectivity index (χ3n) is 2.17. The molecule has 0 aliphatic heterocycles. The minimum absolute atomic E-state index is 0.0661. The van der Waals surface area contributed by atoms with Crippen molar-refractivity contribution in [3.63, 3.8) is 0 Å². The number of nitriles is 1. The van der Waals surface area contributed by atoms with E-state index in [1.807, 2.05) is 25.1 Å². The molecule has 0 spiro atoms. The molecular weight excluding hydrogens is 210 g/mol. The van der Waals surface area contributed by atoms with Crippen LogP contribution in [0.2, 0.25) is 0 Å². The lowest BCUT2D eigenvalue weighted by Crippen LogP contribution is -2.17. The van der Waals surface area contributed by atoms with Gasteiger partial charge in [-0.3, -0.25) is 0 Å². The summed E-state index contributed by atoms with van der Waals surface area (Å²) in [4.78, 5) is 0. The third-order valence-corrected chi connectivity index (χ3v) is 4.09. The van der Waals surface area contributed by atoms with Gasteiger partial charge in [0.25, 0.3) is 0 Å². The fourth-order valence-corrected chi connectivity index (χ4v) is 2.29. The molecule has 15 heavy (non-hydrogen) atoms. The molecule has 1 aromatic rings. The number of benzene rings is 1. The topological polar surface area (TPSA) is 57.9 Å². The molecule has 80 valence electrons. The van der Waals surface area contributed by atoms with Crippen LogP contribution in [0.15, 0.2) is 24.3 Å². The van der Waals surface area contributed by atoms with Crippen LogP contribution in [0.1, 0.15) is 18.1 Å². The zero-order chi connectivity index (χ0) is 11.5. The standard InChI is InChI=1S/C11H13NO2S/c1-9-4-3-5-11(6-9)8-15(13,14)10(2)7-12/h3-6,10H,8H2,1-2H3. The van der Waals surface area contributed by atoms with Crippen molar-refractivity contribution in [1.29, 1.82) is 5.26 Å². The maximum Gasteiger partial charge on any atom is 0.170 e. The average molecular weight is 223 g/mol. The Labute approximate surface area is 90.3 Å². The smallest absolute Gasteiger partial charge is 0.170 e. The second-order valence-electron chi connectivity index (χ2n) is 3.57. The largest absolute Gasteiger partial charge is 0.227 e. The summed E-state index contributed by atoms with van der Waals surface area (Å²) in [5.74, 6) is -0.0661. The molecule has 1 atom stereocenters. The first-order chi connectivity index (χ1) is 6.95. The lowest BCUT2D eigenvalue weighted by molar-refractivity contribution is 0.591. The van der Waals surface area contributed by atoms with E-state index in [0.29, 0.717) is 0 Å². The van der Waals surface area contributed by atoms with Crippen molar-refractivity contribution < 1.29 is 8.42 Å². The Kier molecular flexibility index (Phi) is 3.48. The van der Waals surface area contributed by atoms with E-state index >= 15 is 0 Å². The summed E-state index contributed by atoms with van der Waals surface area (Å²) < 4.78 is 23.2. The second-order valence-corrected chi connectivity index (χ2v) is 5.89. The fraction of sp³-hybridized carbons (Fsp3) is 0.364. The molecule has 1 unspecified atom stereocenters. The van der Waals surface area contributed by atoms with Crippen LogP contribution in [0.5, 0.6) is 0 Å². The number of hydrogen-bond donors (Lipinski definition) is 0. The Balaban J connectivity index is 2.93. The van der Waals surface area contributed by atoms with Crippen molar-refractivity contribution in [3.8, 4) is 6.07 Å². The summed E-state index contributed by atoms with van der Waals surface area (Å²) in [7, 11) is -3.34. The molecular formula is C11H13NO2S. The molecule has 0 amide bonds. The highest BCUT2D eigenvalue weighted by atomic mass is 32.2. The molecule has 1 aromatic carbocycles. The normalized spacial score (nSPS) is 13.1. The van der Waals surface area contributed by atoms with Crippen molar-refractivity contribution in [2.24, 2.45) is 0 Å². The van der Waals surface area contributed by atoms with Gasteiger partial charge in [0.2, 0.25) is 0 Å². The van der Waals surface area contributed by atoms with Gasteiger partial charge in [0.15, 0.2) is 9.84 Å². The molecule has 0 heterocycles. The number of rotatable bonds is 3. The van der Waals surface area contributed by atoms with Gasteiger partial charge in [0.1, 0.15) is 5.25 Å². The number of aryl methyl sites for hydroxylation is 1. The van der Waals surface area contributed by atoms with Crippen LogP contribution in [0.4, 0.5) is 0 Å². The maximum atomic E-state index is 11.6. The van der Waals surface area contributed by atoms with E-state index in [9.17, 15) is 8.42 Å². The molecule has 0 aliphatic rings. The van der Waals surface area contributed by atoms with Crippen LogP contribution >= 0.6 is 0 Å². The third kappa shape index (κ3) is 3.07. The number of sulfone groups is 1. The Morgan fingerprint density at radius 1 is 1.47 bits per heavy atom. The second kappa shape index (κ2) is 4.45. The monoisotopic (exact) mass is 223 g/mol. The van der Waals surface area contributed by atoms with E-state index in [2.05, 4.69) is 0 Å². The van der Waals surface area contributed by atoms with E-state index in [-0.39, 0.29) is 5.75 Å². The van der Waals surface area contributed by atoms with Crippen molar-refractivity contribution in [2.75, 3.05) is 0 Å². The summed E-state index contributed by atoms with van der Waals surface area (Å²) in [6.45, 7) is 3.31. The molecule has 0 bridgehead atoms. The van der Waals surface area contributed by atoms with Gasteiger partial charge in [-0.15, -0.1) is 0 Å². The minimum Gasteiger partial charge on any atom is -0.227 e.